The zero-order chi connectivity index (χ0) is 26.1. The van der Waals surface area contributed by atoms with Crippen LogP contribution in [0.1, 0.15) is 98.9 Å². The van der Waals surface area contributed by atoms with Crippen molar-refractivity contribution in [2.45, 2.75) is 78.6 Å². The maximum atomic E-state index is 4.48. The van der Waals surface area contributed by atoms with Gasteiger partial charge in [0.05, 0.1) is 6.72 Å². The van der Waals surface area contributed by atoms with Crippen LogP contribution in [0.2, 0.25) is 0 Å². The van der Waals surface area contributed by atoms with E-state index in [1.54, 1.807) is 5.56 Å². The monoisotopic (exact) mass is 505 g/mol. The van der Waals surface area contributed by atoms with Gasteiger partial charge in [-0.25, -0.2) is 0 Å². The van der Waals surface area contributed by atoms with Gasteiger partial charge in [-0.15, -0.1) is 18.2 Å². The third-order valence-corrected chi connectivity index (χ3v) is 10.1. The number of hydrogen-bond acceptors (Lipinski definition) is 0. The summed E-state index contributed by atoms with van der Waals surface area (Å²) in [6.45, 7) is 18.6. The molecule has 1 aromatic heterocycles. The minimum Gasteiger partial charge on any atom is -0.257 e. The first-order valence-electron chi connectivity index (χ1n) is 13.8. The van der Waals surface area contributed by atoms with Crippen LogP contribution in [0.15, 0.2) is 54.7 Å². The van der Waals surface area contributed by atoms with Gasteiger partial charge >= 0.3 is 0 Å². The molecule has 1 aliphatic heterocycles. The van der Waals surface area contributed by atoms with Crippen LogP contribution in [0.25, 0.3) is 26.9 Å². The normalized spacial score (nSPS) is 18.1. The fourth-order valence-corrected chi connectivity index (χ4v) is 8.02. The van der Waals surface area contributed by atoms with Crippen molar-refractivity contribution in [3.63, 3.8) is 0 Å². The molecule has 0 atom stereocenters. The quantitative estimate of drug-likeness (QED) is 0.145. The minimum absolute atomic E-state index is 0.0457. The predicted octanol–water partition coefficient (Wildman–Crippen LogP) is 9.97. The summed E-state index contributed by atoms with van der Waals surface area (Å²) in [5.41, 5.74) is 7.48. The third kappa shape index (κ3) is 4.05. The Kier molecular flexibility index (Phi) is 5.69. The molecular formula is C35H39NS. The van der Waals surface area contributed by atoms with E-state index in [9.17, 15) is 0 Å². The van der Waals surface area contributed by atoms with E-state index >= 15 is 0 Å². The Morgan fingerprint density at radius 3 is 2.41 bits per heavy atom. The molecule has 2 heterocycles. The van der Waals surface area contributed by atoms with Crippen LogP contribution < -0.4 is 0 Å². The first-order chi connectivity index (χ1) is 17.5. The average Bonchev–Trinajstić information content (AvgIpc) is 3.23. The van der Waals surface area contributed by atoms with Crippen molar-refractivity contribution >= 4 is 45.0 Å². The second kappa shape index (κ2) is 8.60. The van der Waals surface area contributed by atoms with Crippen LogP contribution in [0, 0.1) is 18.4 Å². The van der Waals surface area contributed by atoms with Gasteiger partial charge in [0.25, 0.3) is 0 Å². The van der Waals surface area contributed by atoms with Gasteiger partial charge in [-0.2, -0.15) is 0 Å². The molecule has 1 saturated carbocycles. The van der Waals surface area contributed by atoms with Crippen LogP contribution in [0.5, 0.6) is 0 Å². The van der Waals surface area contributed by atoms with Crippen molar-refractivity contribution in [3.05, 3.63) is 93.5 Å². The van der Waals surface area contributed by atoms with E-state index in [4.69, 9.17) is 0 Å². The molecule has 3 aromatic carbocycles. The number of rotatable bonds is 2. The molecule has 37 heavy (non-hydrogen) atoms. The summed E-state index contributed by atoms with van der Waals surface area (Å²) in [4.78, 5) is 1.36. The van der Waals surface area contributed by atoms with Gasteiger partial charge in [-0.05, 0) is 76.0 Å². The van der Waals surface area contributed by atoms with E-state index < -0.39 is 0 Å². The highest BCUT2D eigenvalue weighted by atomic mass is 32.1. The number of nitrogens with zero attached hydrogens (tertiary/aromatic N) is 1. The number of benzene rings is 3. The Labute approximate surface area is 226 Å². The molecule has 0 N–H and O–H groups in total. The zero-order valence-electron chi connectivity index (χ0n) is 23.2. The Balaban J connectivity index is 1.54. The summed E-state index contributed by atoms with van der Waals surface area (Å²) >= 11 is 1.98. The van der Waals surface area contributed by atoms with E-state index in [-0.39, 0.29) is 5.41 Å². The van der Waals surface area contributed by atoms with Crippen LogP contribution in [0.3, 0.4) is 0 Å². The Morgan fingerprint density at radius 2 is 1.70 bits per heavy atom. The highest BCUT2D eigenvalue weighted by Gasteiger charge is 2.36. The summed E-state index contributed by atoms with van der Waals surface area (Å²) in [5, 5.41) is 4.10. The first-order valence-corrected chi connectivity index (χ1v) is 14.6. The van der Waals surface area contributed by atoms with Gasteiger partial charge in [-0.3, -0.25) is 4.58 Å². The summed E-state index contributed by atoms with van der Waals surface area (Å²) in [6.07, 6.45) is 9.65. The highest BCUT2D eigenvalue weighted by Crippen LogP contribution is 2.49. The number of thiophene rings is 1. The molecule has 0 bridgehead atoms. The molecule has 0 spiro atoms. The van der Waals surface area contributed by atoms with E-state index in [0.717, 1.165) is 0 Å². The fraction of sp³-hybridized carbons (Fsp3) is 0.371. The molecule has 0 saturated heterocycles. The summed E-state index contributed by atoms with van der Waals surface area (Å²) in [7, 11) is 0. The summed E-state index contributed by atoms with van der Waals surface area (Å²) in [5.74, 6) is 0.662. The molecule has 1 nitrogen and oxygen atoms in total. The second-order valence-electron chi connectivity index (χ2n) is 13.0. The van der Waals surface area contributed by atoms with E-state index in [2.05, 4.69) is 114 Å². The standard InChI is InChI=1S/C35H39NS/c1-22-24-11-8-9-12-26(24)30(34(2,3)4)21-29(22)31-33-28(17-20-36(31)7)27-14-10-13-25(32(27)37-33)23-15-18-35(5,6)19-16-23/h8-14,17,20-21,23H,7,15-16,18-19H2,1-6H3. The molecule has 0 unspecified atom stereocenters. The molecular weight excluding hydrogens is 466 g/mol. The van der Waals surface area contributed by atoms with Gasteiger partial charge in [0.2, 0.25) is 0 Å². The lowest BCUT2D eigenvalue weighted by molar-refractivity contribution is -0.417. The zero-order valence-corrected chi connectivity index (χ0v) is 24.1. The molecule has 4 aromatic rings. The molecule has 1 aliphatic carbocycles. The number of aryl methyl sites for hydroxylation is 1. The first kappa shape index (κ1) is 24.5. The summed E-state index contributed by atoms with van der Waals surface area (Å²) in [6, 6.07) is 19.6. The average molecular weight is 506 g/mol. The van der Waals surface area contributed by atoms with E-state index in [1.165, 1.54) is 79.7 Å². The second-order valence-corrected chi connectivity index (χ2v) is 14.1. The third-order valence-electron chi connectivity index (χ3n) is 8.86. The Bertz CT molecular complexity index is 1560. The number of hydrogen-bond donors (Lipinski definition) is 0. The molecule has 2 heteroatoms. The highest BCUT2D eigenvalue weighted by molar-refractivity contribution is 7.20. The van der Waals surface area contributed by atoms with Crippen molar-refractivity contribution in [2.24, 2.45) is 5.41 Å². The van der Waals surface area contributed by atoms with E-state index in [0.29, 0.717) is 11.3 Å². The van der Waals surface area contributed by atoms with Crippen molar-refractivity contribution in [3.8, 4) is 0 Å². The molecule has 2 aliphatic rings. The Morgan fingerprint density at radius 1 is 1.00 bits per heavy atom. The van der Waals surface area contributed by atoms with Gasteiger partial charge < -0.3 is 0 Å². The molecule has 0 amide bonds. The lowest BCUT2D eigenvalue weighted by atomic mass is 9.71. The summed E-state index contributed by atoms with van der Waals surface area (Å²) < 4.78 is 3.58. The minimum atomic E-state index is 0.0457. The molecule has 0 radical (unpaired) electrons. The van der Waals surface area contributed by atoms with Crippen molar-refractivity contribution < 1.29 is 4.58 Å². The molecule has 6 rings (SSSR count). The molecule has 1 fully saturated rings. The Hall–Kier alpha value is -2.84. The fourth-order valence-electron chi connectivity index (χ4n) is 6.57. The SMILES string of the molecule is C=[N+]1C=Cc2c([s+][c-]3c(C4CCC(C)(C)CC4)cccc23)[C-]1c1cc(C(C)(C)C)c2ccccc2c1C. The number of fused-ring (bicyclic) bond motifs is 4. The molecule has 190 valence electrons. The van der Waals surface area contributed by atoms with Crippen molar-refractivity contribution in [1.29, 1.82) is 0 Å². The van der Waals surface area contributed by atoms with Crippen molar-refractivity contribution in [2.75, 3.05) is 0 Å². The van der Waals surface area contributed by atoms with Crippen molar-refractivity contribution in [1.82, 2.24) is 0 Å². The van der Waals surface area contributed by atoms with Gasteiger partial charge in [0.15, 0.2) is 15.6 Å². The lowest BCUT2D eigenvalue weighted by Gasteiger charge is -2.34. The van der Waals surface area contributed by atoms with Gasteiger partial charge in [-0.1, -0.05) is 88.4 Å². The maximum absolute atomic E-state index is 4.48. The van der Waals surface area contributed by atoms with E-state index in [1.807, 2.05) is 11.3 Å². The van der Waals surface area contributed by atoms with Crippen LogP contribution >= 0.6 is 11.3 Å². The smallest absolute Gasteiger partial charge is 0.197 e. The largest absolute Gasteiger partial charge is 0.257 e. The van der Waals surface area contributed by atoms with Crippen LogP contribution in [0.4, 0.5) is 0 Å². The van der Waals surface area contributed by atoms with Gasteiger partial charge in [0, 0.05) is 0 Å². The van der Waals surface area contributed by atoms with Crippen LogP contribution in [-0.4, -0.2) is 11.3 Å². The topological polar surface area (TPSA) is 3.01 Å². The van der Waals surface area contributed by atoms with Crippen LogP contribution in [-0.2, 0) is 5.41 Å². The predicted molar refractivity (Wildman–Crippen MR) is 162 cm³/mol. The van der Waals surface area contributed by atoms with Gasteiger partial charge in [0.1, 0.15) is 17.5 Å². The lowest BCUT2D eigenvalue weighted by Crippen LogP contribution is -2.20. The maximum Gasteiger partial charge on any atom is 0.197 e.